The number of imidazole rings is 1. The van der Waals surface area contributed by atoms with Gasteiger partial charge < -0.3 is 10.1 Å². The maximum atomic E-state index is 12.8. The lowest BCUT2D eigenvalue weighted by molar-refractivity contribution is -0.121. The van der Waals surface area contributed by atoms with Crippen LogP contribution in [0.1, 0.15) is 35.6 Å². The third-order valence-corrected chi connectivity index (χ3v) is 4.95. The first-order chi connectivity index (χ1) is 13.8. The van der Waals surface area contributed by atoms with E-state index in [1.54, 1.807) is 11.8 Å². The van der Waals surface area contributed by atoms with E-state index in [2.05, 4.69) is 20.4 Å². The number of fused-ring (bicyclic) bond motifs is 1. The van der Waals surface area contributed by atoms with Gasteiger partial charge in [-0.2, -0.15) is 8.78 Å². The van der Waals surface area contributed by atoms with Crippen LogP contribution in [0.3, 0.4) is 0 Å². The van der Waals surface area contributed by atoms with Crippen LogP contribution >= 0.6 is 0 Å². The van der Waals surface area contributed by atoms with Crippen molar-refractivity contribution in [2.24, 2.45) is 7.05 Å². The molecule has 3 rings (SSSR count). The molecule has 3 heterocycles. The Morgan fingerprint density at radius 3 is 2.76 bits per heavy atom. The number of hydrogen-bond donors (Lipinski definition) is 1. The minimum absolute atomic E-state index is 0.155. The van der Waals surface area contributed by atoms with E-state index >= 15 is 0 Å². The van der Waals surface area contributed by atoms with E-state index in [9.17, 15) is 13.6 Å². The predicted octanol–water partition coefficient (Wildman–Crippen LogP) is 2.48. The highest BCUT2D eigenvalue weighted by Gasteiger charge is 2.18. The van der Waals surface area contributed by atoms with Crippen LogP contribution in [0, 0.1) is 13.8 Å². The van der Waals surface area contributed by atoms with Crippen molar-refractivity contribution in [2.75, 3.05) is 13.7 Å². The van der Waals surface area contributed by atoms with E-state index in [-0.39, 0.29) is 31.1 Å². The molecule has 0 aliphatic heterocycles. The van der Waals surface area contributed by atoms with Crippen molar-refractivity contribution in [1.82, 2.24) is 29.6 Å². The molecule has 1 amide bonds. The van der Waals surface area contributed by atoms with E-state index in [1.807, 2.05) is 20.9 Å². The van der Waals surface area contributed by atoms with Crippen LogP contribution in [-0.4, -0.2) is 43.9 Å². The Labute approximate surface area is 166 Å². The second kappa shape index (κ2) is 8.54. The number of amides is 1. The van der Waals surface area contributed by atoms with Gasteiger partial charge in [0, 0.05) is 44.5 Å². The zero-order chi connectivity index (χ0) is 21.1. The summed E-state index contributed by atoms with van der Waals surface area (Å²) in [6, 6.07) is 0. The molecule has 29 heavy (non-hydrogen) atoms. The number of aromatic nitrogens is 5. The van der Waals surface area contributed by atoms with E-state index in [1.165, 1.54) is 12.4 Å². The molecule has 0 bridgehead atoms. The number of aryl methyl sites for hydroxylation is 3. The van der Waals surface area contributed by atoms with Crippen LogP contribution in [0.15, 0.2) is 12.4 Å². The summed E-state index contributed by atoms with van der Waals surface area (Å²) in [6.07, 6.45) is 3.56. The number of rotatable bonds is 8. The summed E-state index contributed by atoms with van der Waals surface area (Å²) >= 11 is 0. The van der Waals surface area contributed by atoms with Gasteiger partial charge in [-0.05, 0) is 31.4 Å². The van der Waals surface area contributed by atoms with Crippen molar-refractivity contribution < 1.29 is 18.3 Å². The van der Waals surface area contributed by atoms with Gasteiger partial charge in [-0.1, -0.05) is 0 Å². The zero-order valence-corrected chi connectivity index (χ0v) is 16.9. The smallest absolute Gasteiger partial charge is 0.319 e. The van der Waals surface area contributed by atoms with Crippen LogP contribution in [0.25, 0.3) is 11.0 Å². The average molecular weight is 406 g/mol. The van der Waals surface area contributed by atoms with Crippen molar-refractivity contribution >= 4 is 16.9 Å². The van der Waals surface area contributed by atoms with Crippen LogP contribution in [0.5, 0.6) is 5.88 Å². The summed E-state index contributed by atoms with van der Waals surface area (Å²) in [6.45, 7) is 1.48. The summed E-state index contributed by atoms with van der Waals surface area (Å²) in [5.74, 6) is 0.593. The number of carbonyl (C=O) groups excluding carboxylic acids is 1. The highest BCUT2D eigenvalue weighted by atomic mass is 19.3. The molecule has 3 aromatic heterocycles. The molecule has 3 aromatic rings. The topological polar surface area (TPSA) is 86.9 Å². The number of methoxy groups -OCH3 is 1. The molecule has 0 radical (unpaired) electrons. The Balaban J connectivity index is 1.63. The molecule has 0 saturated heterocycles. The van der Waals surface area contributed by atoms with Crippen LogP contribution in [0.2, 0.25) is 0 Å². The average Bonchev–Trinajstić information content (AvgIpc) is 3.26. The number of hydrogen-bond acceptors (Lipinski definition) is 5. The number of carbonyl (C=O) groups is 1. The molecule has 0 aliphatic carbocycles. The van der Waals surface area contributed by atoms with E-state index < -0.39 is 6.55 Å². The predicted molar refractivity (Wildman–Crippen MR) is 103 cm³/mol. The maximum Gasteiger partial charge on any atom is 0.319 e. The maximum absolute atomic E-state index is 12.8. The van der Waals surface area contributed by atoms with Gasteiger partial charge in [0.2, 0.25) is 11.8 Å². The second-order valence-electron chi connectivity index (χ2n) is 6.76. The fraction of sp³-hybridized carbons (Fsp3) is 0.474. The van der Waals surface area contributed by atoms with Gasteiger partial charge in [0.15, 0.2) is 5.65 Å². The number of alkyl halides is 2. The van der Waals surface area contributed by atoms with Gasteiger partial charge in [0.25, 0.3) is 0 Å². The summed E-state index contributed by atoms with van der Waals surface area (Å²) in [7, 11) is 3.37. The highest BCUT2D eigenvalue weighted by Crippen LogP contribution is 2.30. The van der Waals surface area contributed by atoms with Crippen molar-refractivity contribution in [3.8, 4) is 5.88 Å². The molecule has 0 unspecified atom stereocenters. The molecular weight excluding hydrogens is 382 g/mol. The fourth-order valence-corrected chi connectivity index (χ4v) is 3.46. The lowest BCUT2D eigenvalue weighted by Gasteiger charge is -2.11. The van der Waals surface area contributed by atoms with Gasteiger partial charge in [-0.25, -0.2) is 14.6 Å². The molecular formula is C19H24F2N6O2. The van der Waals surface area contributed by atoms with Crippen molar-refractivity contribution in [3.63, 3.8) is 0 Å². The Morgan fingerprint density at radius 2 is 2.07 bits per heavy atom. The first kappa shape index (κ1) is 20.7. The monoisotopic (exact) mass is 406 g/mol. The normalized spacial score (nSPS) is 11.4. The number of nitrogens with one attached hydrogen (secondary N) is 1. The minimum Gasteiger partial charge on any atom is -0.479 e. The van der Waals surface area contributed by atoms with Crippen molar-refractivity contribution in [3.05, 3.63) is 35.0 Å². The molecule has 8 nitrogen and oxygen atoms in total. The number of halogens is 2. The molecule has 0 aromatic carbocycles. The van der Waals surface area contributed by atoms with Crippen LogP contribution in [0.4, 0.5) is 8.78 Å². The first-order valence-corrected chi connectivity index (χ1v) is 9.26. The van der Waals surface area contributed by atoms with Gasteiger partial charge in [-0.15, -0.1) is 5.10 Å². The minimum atomic E-state index is -2.64. The molecule has 0 fully saturated rings. The van der Waals surface area contributed by atoms with E-state index in [0.29, 0.717) is 12.3 Å². The Morgan fingerprint density at radius 1 is 1.31 bits per heavy atom. The zero-order valence-electron chi connectivity index (χ0n) is 16.9. The summed E-state index contributed by atoms with van der Waals surface area (Å²) < 4.78 is 33.4. The van der Waals surface area contributed by atoms with E-state index in [4.69, 9.17) is 4.74 Å². The number of nitrogens with zero attached hydrogens (tertiary/aromatic N) is 5. The van der Waals surface area contributed by atoms with Gasteiger partial charge in [-0.3, -0.25) is 9.36 Å². The van der Waals surface area contributed by atoms with E-state index in [0.717, 1.165) is 32.4 Å². The Bertz CT molecular complexity index is 1030. The molecule has 0 atom stereocenters. The SMILES string of the molecule is COc1nn(C)c2nc(C)c(CCC(=O)NCCc3nccn3C(F)F)c(C)c12. The second-order valence-corrected chi connectivity index (χ2v) is 6.76. The molecule has 0 aliphatic rings. The lowest BCUT2D eigenvalue weighted by Crippen LogP contribution is -2.27. The van der Waals surface area contributed by atoms with Gasteiger partial charge in [0.05, 0.1) is 12.5 Å². The molecule has 156 valence electrons. The summed E-state index contributed by atoms with van der Waals surface area (Å²) in [5.41, 5.74) is 3.54. The molecule has 0 spiro atoms. The lowest BCUT2D eigenvalue weighted by atomic mass is 10.00. The van der Waals surface area contributed by atoms with Gasteiger partial charge >= 0.3 is 6.55 Å². The molecule has 1 N–H and O–H groups in total. The third-order valence-electron chi connectivity index (χ3n) is 4.95. The molecule has 0 saturated carbocycles. The largest absolute Gasteiger partial charge is 0.479 e. The number of ether oxygens (including phenoxy) is 1. The quantitative estimate of drug-likeness (QED) is 0.621. The first-order valence-electron chi connectivity index (χ1n) is 9.26. The standard InChI is InChI=1S/C19H24F2N6O2/c1-11-13(12(2)24-17-16(11)18(29-4)25-26(17)3)5-6-15(28)23-8-7-14-22-9-10-27(14)19(20)21/h9-10,19H,5-8H2,1-4H3,(H,23,28). The fourth-order valence-electron chi connectivity index (χ4n) is 3.46. The third kappa shape index (κ3) is 4.20. The summed E-state index contributed by atoms with van der Waals surface area (Å²) in [5, 5.41) is 7.93. The number of pyridine rings is 1. The van der Waals surface area contributed by atoms with Crippen LogP contribution in [-0.2, 0) is 24.7 Å². The highest BCUT2D eigenvalue weighted by molar-refractivity contribution is 5.86. The Hall–Kier alpha value is -3.04. The van der Waals surface area contributed by atoms with Gasteiger partial charge in [0.1, 0.15) is 5.82 Å². The van der Waals surface area contributed by atoms with Crippen LogP contribution < -0.4 is 10.1 Å². The Kier molecular flexibility index (Phi) is 6.09. The van der Waals surface area contributed by atoms with Crippen molar-refractivity contribution in [1.29, 1.82) is 0 Å². The molecule has 10 heteroatoms. The van der Waals surface area contributed by atoms with Crippen molar-refractivity contribution in [2.45, 2.75) is 39.7 Å². The summed E-state index contributed by atoms with van der Waals surface area (Å²) in [4.78, 5) is 20.7.